The van der Waals surface area contributed by atoms with E-state index in [2.05, 4.69) is 0 Å². The lowest BCUT2D eigenvalue weighted by Gasteiger charge is -2.16. The zero-order chi connectivity index (χ0) is 10.5. The van der Waals surface area contributed by atoms with Crippen molar-refractivity contribution in [3.8, 4) is 5.75 Å². The molecule has 0 aliphatic heterocycles. The molecule has 0 heterocycles. The van der Waals surface area contributed by atoms with Gasteiger partial charge in [-0.1, -0.05) is 12.8 Å². The Morgan fingerprint density at radius 2 is 1.53 bits per heavy atom. The van der Waals surface area contributed by atoms with Crippen molar-refractivity contribution in [1.82, 2.24) is 0 Å². The molecule has 2 heteroatoms. The third-order valence-corrected chi connectivity index (χ3v) is 2.99. The van der Waals surface area contributed by atoms with Crippen molar-refractivity contribution in [1.29, 1.82) is 0 Å². The van der Waals surface area contributed by atoms with Crippen LogP contribution in [0.4, 0.5) is 5.69 Å². The lowest BCUT2D eigenvalue weighted by atomic mass is 10.1. The highest BCUT2D eigenvalue weighted by Gasteiger charge is 2.13. The molecule has 1 aromatic rings. The number of hydrogen-bond donors (Lipinski definition) is 1. The topological polar surface area (TPSA) is 35.2 Å². The molecule has 0 radical (unpaired) electrons. The van der Waals surface area contributed by atoms with Crippen LogP contribution in [0.3, 0.4) is 0 Å². The van der Waals surface area contributed by atoms with Crippen molar-refractivity contribution >= 4 is 5.69 Å². The lowest BCUT2D eigenvalue weighted by molar-refractivity contribution is 0.184. The molecule has 1 saturated carbocycles. The van der Waals surface area contributed by atoms with E-state index >= 15 is 0 Å². The van der Waals surface area contributed by atoms with Crippen LogP contribution in [0, 0.1) is 0 Å². The maximum absolute atomic E-state index is 5.93. The normalized spacial score (nSPS) is 18.4. The predicted octanol–water partition coefficient (Wildman–Crippen LogP) is 3.37. The van der Waals surface area contributed by atoms with Crippen LogP contribution >= 0.6 is 0 Å². The van der Waals surface area contributed by atoms with Gasteiger partial charge in [0.05, 0.1) is 6.10 Å². The van der Waals surface area contributed by atoms with Crippen molar-refractivity contribution in [2.24, 2.45) is 0 Å². The Hall–Kier alpha value is -1.18. The van der Waals surface area contributed by atoms with Crippen molar-refractivity contribution in [2.75, 3.05) is 5.73 Å². The van der Waals surface area contributed by atoms with Crippen LogP contribution in [0.5, 0.6) is 5.75 Å². The summed E-state index contributed by atoms with van der Waals surface area (Å²) in [5.74, 6) is 0.955. The highest BCUT2D eigenvalue weighted by molar-refractivity contribution is 5.41. The van der Waals surface area contributed by atoms with Gasteiger partial charge in [0.25, 0.3) is 0 Å². The summed E-state index contributed by atoms with van der Waals surface area (Å²) in [5, 5.41) is 0. The minimum atomic E-state index is 0.413. The van der Waals surface area contributed by atoms with Crippen LogP contribution in [0.2, 0.25) is 0 Å². The molecule has 1 aromatic carbocycles. The number of anilines is 1. The lowest BCUT2D eigenvalue weighted by Crippen LogP contribution is -2.14. The fourth-order valence-corrected chi connectivity index (χ4v) is 2.10. The van der Waals surface area contributed by atoms with Gasteiger partial charge in [0.2, 0.25) is 0 Å². The van der Waals surface area contributed by atoms with Gasteiger partial charge in [-0.25, -0.2) is 0 Å². The van der Waals surface area contributed by atoms with Gasteiger partial charge in [0.1, 0.15) is 5.75 Å². The number of nitrogen functional groups attached to an aromatic ring is 1. The van der Waals surface area contributed by atoms with Gasteiger partial charge in [-0.3, -0.25) is 0 Å². The molecule has 0 bridgehead atoms. The first-order valence-corrected chi connectivity index (χ1v) is 5.87. The molecule has 1 aliphatic rings. The Bertz CT molecular complexity index is 286. The summed E-state index contributed by atoms with van der Waals surface area (Å²) in [4.78, 5) is 0. The van der Waals surface area contributed by atoms with E-state index in [4.69, 9.17) is 10.5 Å². The summed E-state index contributed by atoms with van der Waals surface area (Å²) >= 11 is 0. The Balaban J connectivity index is 1.92. The molecule has 0 unspecified atom stereocenters. The monoisotopic (exact) mass is 205 g/mol. The largest absolute Gasteiger partial charge is 0.490 e. The molecular formula is C13H19NO. The summed E-state index contributed by atoms with van der Waals surface area (Å²) in [6.07, 6.45) is 8.15. The average Bonchev–Trinajstić information content (AvgIpc) is 2.50. The first-order valence-electron chi connectivity index (χ1n) is 5.87. The number of nitrogens with two attached hydrogens (primary N) is 1. The summed E-state index contributed by atoms with van der Waals surface area (Å²) in [7, 11) is 0. The van der Waals surface area contributed by atoms with Crippen molar-refractivity contribution in [3.05, 3.63) is 24.3 Å². The molecule has 0 amide bonds. The molecular weight excluding hydrogens is 186 g/mol. The van der Waals surface area contributed by atoms with Gasteiger partial charge >= 0.3 is 0 Å². The van der Waals surface area contributed by atoms with E-state index in [1.54, 1.807) is 0 Å². The molecule has 2 N–H and O–H groups in total. The van der Waals surface area contributed by atoms with Gasteiger partial charge in [0.15, 0.2) is 0 Å². The zero-order valence-electron chi connectivity index (χ0n) is 9.11. The quantitative estimate of drug-likeness (QED) is 0.593. The zero-order valence-corrected chi connectivity index (χ0v) is 9.11. The molecule has 0 saturated heterocycles. The van der Waals surface area contributed by atoms with E-state index in [1.807, 2.05) is 24.3 Å². The maximum Gasteiger partial charge on any atom is 0.119 e. The first kappa shape index (κ1) is 10.3. The molecule has 1 aliphatic carbocycles. The number of benzene rings is 1. The smallest absolute Gasteiger partial charge is 0.119 e. The van der Waals surface area contributed by atoms with E-state index in [-0.39, 0.29) is 0 Å². The van der Waals surface area contributed by atoms with Gasteiger partial charge in [-0.15, -0.1) is 0 Å². The molecule has 15 heavy (non-hydrogen) atoms. The van der Waals surface area contributed by atoms with Gasteiger partial charge in [-0.2, -0.15) is 0 Å². The number of hydrogen-bond acceptors (Lipinski definition) is 2. The van der Waals surface area contributed by atoms with E-state index in [0.29, 0.717) is 6.10 Å². The minimum absolute atomic E-state index is 0.413. The first-order chi connectivity index (χ1) is 7.34. The van der Waals surface area contributed by atoms with Crippen LogP contribution in [0.1, 0.15) is 38.5 Å². The third-order valence-electron chi connectivity index (χ3n) is 2.99. The Morgan fingerprint density at radius 1 is 0.933 bits per heavy atom. The minimum Gasteiger partial charge on any atom is -0.490 e. The highest BCUT2D eigenvalue weighted by atomic mass is 16.5. The molecule has 82 valence electrons. The highest BCUT2D eigenvalue weighted by Crippen LogP contribution is 2.23. The summed E-state index contributed by atoms with van der Waals surface area (Å²) in [6, 6.07) is 7.71. The summed E-state index contributed by atoms with van der Waals surface area (Å²) in [5.41, 5.74) is 6.42. The molecule has 0 spiro atoms. The van der Waals surface area contributed by atoms with Gasteiger partial charge < -0.3 is 10.5 Å². The Labute approximate surface area is 91.4 Å². The predicted molar refractivity (Wildman–Crippen MR) is 63.0 cm³/mol. The average molecular weight is 205 g/mol. The number of ether oxygens (including phenoxy) is 1. The van der Waals surface area contributed by atoms with E-state index in [1.165, 1.54) is 38.5 Å². The van der Waals surface area contributed by atoms with Crippen molar-refractivity contribution in [3.63, 3.8) is 0 Å². The van der Waals surface area contributed by atoms with E-state index in [0.717, 1.165) is 11.4 Å². The fourth-order valence-electron chi connectivity index (χ4n) is 2.10. The van der Waals surface area contributed by atoms with Crippen LogP contribution in [-0.2, 0) is 0 Å². The Kier molecular flexibility index (Phi) is 3.49. The Morgan fingerprint density at radius 3 is 2.13 bits per heavy atom. The van der Waals surface area contributed by atoms with Gasteiger partial charge in [-0.05, 0) is 49.9 Å². The maximum atomic E-state index is 5.93. The second-order valence-corrected chi connectivity index (χ2v) is 4.30. The molecule has 0 atom stereocenters. The second-order valence-electron chi connectivity index (χ2n) is 4.30. The molecule has 1 fully saturated rings. The molecule has 0 aromatic heterocycles. The van der Waals surface area contributed by atoms with Crippen LogP contribution < -0.4 is 10.5 Å². The summed E-state index contributed by atoms with van der Waals surface area (Å²) in [6.45, 7) is 0. The van der Waals surface area contributed by atoms with E-state index in [9.17, 15) is 0 Å². The SMILES string of the molecule is Nc1ccc(OC2CCCCCC2)cc1. The fraction of sp³-hybridized carbons (Fsp3) is 0.538. The van der Waals surface area contributed by atoms with Crippen LogP contribution in [0.15, 0.2) is 24.3 Å². The number of rotatable bonds is 2. The third kappa shape index (κ3) is 3.15. The summed E-state index contributed by atoms with van der Waals surface area (Å²) < 4.78 is 5.93. The van der Waals surface area contributed by atoms with E-state index < -0.39 is 0 Å². The standard InChI is InChI=1S/C13H19NO/c14-11-7-9-13(10-8-11)15-12-5-3-1-2-4-6-12/h7-10,12H,1-6,14H2. The van der Waals surface area contributed by atoms with Gasteiger partial charge in [0, 0.05) is 5.69 Å². The van der Waals surface area contributed by atoms with Crippen LogP contribution in [0.25, 0.3) is 0 Å². The second kappa shape index (κ2) is 5.06. The molecule has 2 rings (SSSR count). The van der Waals surface area contributed by atoms with Crippen molar-refractivity contribution in [2.45, 2.75) is 44.6 Å². The van der Waals surface area contributed by atoms with Crippen molar-refractivity contribution < 1.29 is 4.74 Å². The van der Waals surface area contributed by atoms with Crippen LogP contribution in [-0.4, -0.2) is 6.10 Å². The molecule has 2 nitrogen and oxygen atoms in total.